The van der Waals surface area contributed by atoms with E-state index in [-0.39, 0.29) is 0 Å². The summed E-state index contributed by atoms with van der Waals surface area (Å²) in [7, 11) is 0. The Hall–Kier alpha value is -1.47. The molecular formula is C13H11ClO. The maximum atomic E-state index is 5.70. The Morgan fingerprint density at radius 1 is 0.800 bits per heavy atom. The van der Waals surface area contributed by atoms with Gasteiger partial charge in [-0.3, -0.25) is 0 Å². The van der Waals surface area contributed by atoms with E-state index in [1.807, 2.05) is 54.6 Å². The predicted molar refractivity (Wildman–Crippen MR) is 62.5 cm³/mol. The monoisotopic (exact) mass is 218 g/mol. The Morgan fingerprint density at radius 2 is 1.40 bits per heavy atom. The molecule has 2 heteroatoms. The van der Waals surface area contributed by atoms with Crippen LogP contribution in [0.1, 0.15) is 5.56 Å². The highest BCUT2D eigenvalue weighted by Crippen LogP contribution is 2.21. The summed E-state index contributed by atoms with van der Waals surface area (Å²) in [6.07, 6.45) is 0. The molecule has 0 heterocycles. The van der Waals surface area contributed by atoms with Crippen LogP contribution >= 0.6 is 11.6 Å². The normalized spacial score (nSPS) is 9.93. The average Bonchev–Trinajstić information content (AvgIpc) is 2.31. The Balaban J connectivity index is 2.11. The van der Waals surface area contributed by atoms with Gasteiger partial charge in [-0.1, -0.05) is 30.3 Å². The molecule has 0 amide bonds. The average molecular weight is 219 g/mol. The molecule has 0 atom stereocenters. The number of para-hydroxylation sites is 1. The summed E-state index contributed by atoms with van der Waals surface area (Å²) >= 11 is 5.70. The van der Waals surface area contributed by atoms with Gasteiger partial charge in [0.1, 0.15) is 11.5 Å². The van der Waals surface area contributed by atoms with E-state index in [1.165, 1.54) is 0 Å². The minimum Gasteiger partial charge on any atom is -0.457 e. The molecule has 0 bridgehead atoms. The standard InChI is InChI=1S/C13H11ClO/c14-10-11-6-8-13(9-7-11)15-12-4-2-1-3-5-12/h1-9H,10H2. The maximum Gasteiger partial charge on any atom is 0.127 e. The minimum absolute atomic E-state index is 0.533. The van der Waals surface area contributed by atoms with Crippen LogP contribution in [-0.4, -0.2) is 0 Å². The van der Waals surface area contributed by atoms with Crippen molar-refractivity contribution < 1.29 is 4.74 Å². The first-order valence-corrected chi connectivity index (χ1v) is 5.30. The van der Waals surface area contributed by atoms with Crippen molar-refractivity contribution in [1.82, 2.24) is 0 Å². The van der Waals surface area contributed by atoms with Gasteiger partial charge in [0, 0.05) is 5.88 Å². The fraction of sp³-hybridized carbons (Fsp3) is 0.0769. The van der Waals surface area contributed by atoms with E-state index in [9.17, 15) is 0 Å². The lowest BCUT2D eigenvalue weighted by Crippen LogP contribution is -1.84. The van der Waals surface area contributed by atoms with Crippen LogP contribution in [-0.2, 0) is 5.88 Å². The molecule has 0 aromatic heterocycles. The van der Waals surface area contributed by atoms with Crippen molar-refractivity contribution in [3.8, 4) is 11.5 Å². The van der Waals surface area contributed by atoms with E-state index in [4.69, 9.17) is 16.3 Å². The quantitative estimate of drug-likeness (QED) is 0.701. The number of rotatable bonds is 3. The third-order valence-corrected chi connectivity index (χ3v) is 2.37. The third-order valence-electron chi connectivity index (χ3n) is 2.06. The number of hydrogen-bond acceptors (Lipinski definition) is 1. The van der Waals surface area contributed by atoms with Crippen LogP contribution in [0.3, 0.4) is 0 Å². The molecule has 1 nitrogen and oxygen atoms in total. The summed E-state index contributed by atoms with van der Waals surface area (Å²) < 4.78 is 5.63. The van der Waals surface area contributed by atoms with Crippen LogP contribution in [0.25, 0.3) is 0 Å². The molecule has 2 aromatic rings. The highest BCUT2D eigenvalue weighted by atomic mass is 35.5. The SMILES string of the molecule is ClCc1ccc(Oc2ccccc2)cc1. The van der Waals surface area contributed by atoms with Gasteiger partial charge in [0.15, 0.2) is 0 Å². The maximum absolute atomic E-state index is 5.70. The van der Waals surface area contributed by atoms with Crippen molar-refractivity contribution >= 4 is 11.6 Å². The minimum atomic E-state index is 0.533. The molecule has 76 valence electrons. The van der Waals surface area contributed by atoms with Gasteiger partial charge in [0.05, 0.1) is 0 Å². The molecule has 15 heavy (non-hydrogen) atoms. The molecule has 0 saturated carbocycles. The molecule has 0 saturated heterocycles. The van der Waals surface area contributed by atoms with Crippen molar-refractivity contribution in [3.63, 3.8) is 0 Å². The van der Waals surface area contributed by atoms with Crippen LogP contribution in [0.5, 0.6) is 11.5 Å². The second-order valence-corrected chi connectivity index (χ2v) is 3.46. The van der Waals surface area contributed by atoms with Gasteiger partial charge in [0.2, 0.25) is 0 Å². The number of ether oxygens (including phenoxy) is 1. The zero-order valence-corrected chi connectivity index (χ0v) is 8.95. The molecule has 0 spiro atoms. The molecule has 0 N–H and O–H groups in total. The Bertz CT molecular complexity index is 408. The number of alkyl halides is 1. The predicted octanol–water partition coefficient (Wildman–Crippen LogP) is 4.22. The van der Waals surface area contributed by atoms with Gasteiger partial charge < -0.3 is 4.74 Å². The first-order chi connectivity index (χ1) is 7.38. The molecule has 2 rings (SSSR count). The van der Waals surface area contributed by atoms with Crippen molar-refractivity contribution in [1.29, 1.82) is 0 Å². The van der Waals surface area contributed by atoms with Crippen molar-refractivity contribution in [2.24, 2.45) is 0 Å². The van der Waals surface area contributed by atoms with Gasteiger partial charge in [-0.05, 0) is 29.8 Å². The fourth-order valence-corrected chi connectivity index (χ4v) is 1.45. The third kappa shape index (κ3) is 2.74. The first kappa shape index (κ1) is 10.1. The summed E-state index contributed by atoms with van der Waals surface area (Å²) in [4.78, 5) is 0. The Morgan fingerprint density at radius 3 is 2.00 bits per heavy atom. The van der Waals surface area contributed by atoms with Crippen molar-refractivity contribution in [2.45, 2.75) is 5.88 Å². The van der Waals surface area contributed by atoms with Gasteiger partial charge in [0.25, 0.3) is 0 Å². The lowest BCUT2D eigenvalue weighted by atomic mass is 10.2. The van der Waals surface area contributed by atoms with Gasteiger partial charge in [-0.25, -0.2) is 0 Å². The molecule has 0 aliphatic heterocycles. The summed E-state index contributed by atoms with van der Waals surface area (Å²) in [6.45, 7) is 0. The van der Waals surface area contributed by atoms with E-state index in [1.54, 1.807) is 0 Å². The summed E-state index contributed by atoms with van der Waals surface area (Å²) in [6, 6.07) is 17.5. The zero-order valence-electron chi connectivity index (χ0n) is 8.19. The second kappa shape index (κ2) is 4.85. The number of benzene rings is 2. The molecular weight excluding hydrogens is 208 g/mol. The Kier molecular flexibility index (Phi) is 3.25. The van der Waals surface area contributed by atoms with Crippen molar-refractivity contribution in [2.75, 3.05) is 0 Å². The molecule has 0 unspecified atom stereocenters. The van der Waals surface area contributed by atoms with E-state index in [0.717, 1.165) is 17.1 Å². The molecule has 0 fully saturated rings. The van der Waals surface area contributed by atoms with Crippen LogP contribution in [0.4, 0.5) is 0 Å². The molecule has 0 aliphatic carbocycles. The largest absolute Gasteiger partial charge is 0.457 e. The topological polar surface area (TPSA) is 9.23 Å². The highest BCUT2D eigenvalue weighted by molar-refractivity contribution is 6.17. The second-order valence-electron chi connectivity index (χ2n) is 3.19. The van der Waals surface area contributed by atoms with Crippen LogP contribution in [0.15, 0.2) is 54.6 Å². The Labute approximate surface area is 94.3 Å². The summed E-state index contributed by atoms with van der Waals surface area (Å²) in [5.74, 6) is 2.21. The van der Waals surface area contributed by atoms with Crippen LogP contribution < -0.4 is 4.74 Å². The van der Waals surface area contributed by atoms with E-state index >= 15 is 0 Å². The van der Waals surface area contributed by atoms with Crippen LogP contribution in [0, 0.1) is 0 Å². The summed E-state index contributed by atoms with van der Waals surface area (Å²) in [5.41, 5.74) is 1.09. The lowest BCUT2D eigenvalue weighted by molar-refractivity contribution is 0.482. The van der Waals surface area contributed by atoms with E-state index < -0.39 is 0 Å². The van der Waals surface area contributed by atoms with E-state index in [2.05, 4.69) is 0 Å². The number of hydrogen-bond donors (Lipinski definition) is 0. The first-order valence-electron chi connectivity index (χ1n) is 4.76. The van der Waals surface area contributed by atoms with Gasteiger partial charge in [-0.15, -0.1) is 11.6 Å². The van der Waals surface area contributed by atoms with Gasteiger partial charge in [-0.2, -0.15) is 0 Å². The molecule has 0 aliphatic rings. The highest BCUT2D eigenvalue weighted by Gasteiger charge is 1.96. The molecule has 2 aromatic carbocycles. The number of halogens is 1. The zero-order chi connectivity index (χ0) is 10.5. The molecule has 0 radical (unpaired) electrons. The van der Waals surface area contributed by atoms with Crippen LogP contribution in [0.2, 0.25) is 0 Å². The summed E-state index contributed by atoms with van der Waals surface area (Å²) in [5, 5.41) is 0. The van der Waals surface area contributed by atoms with Gasteiger partial charge >= 0.3 is 0 Å². The smallest absolute Gasteiger partial charge is 0.127 e. The fourth-order valence-electron chi connectivity index (χ4n) is 1.27. The lowest BCUT2D eigenvalue weighted by Gasteiger charge is -2.05. The van der Waals surface area contributed by atoms with Crippen molar-refractivity contribution in [3.05, 3.63) is 60.2 Å². The van der Waals surface area contributed by atoms with E-state index in [0.29, 0.717) is 5.88 Å².